The van der Waals surface area contributed by atoms with Crippen LogP contribution in [0.2, 0.25) is 0 Å². The molecule has 0 bridgehead atoms. The Hall–Kier alpha value is -1.75. The van der Waals surface area contributed by atoms with Crippen molar-refractivity contribution in [1.82, 2.24) is 10.2 Å². The number of benzene rings is 1. The van der Waals surface area contributed by atoms with Gasteiger partial charge in [-0.2, -0.15) is 0 Å². The average Bonchev–Trinajstić information content (AvgIpc) is 2.58. The van der Waals surface area contributed by atoms with E-state index in [-0.39, 0.29) is 0 Å². The first kappa shape index (κ1) is 17.6. The normalized spacial score (nSPS) is 16.5. The Labute approximate surface area is 139 Å². The summed E-state index contributed by atoms with van der Waals surface area (Å²) in [5, 5.41) is 3.39. The second kappa shape index (κ2) is 9.40. The van der Waals surface area contributed by atoms with E-state index in [1.54, 1.807) is 0 Å². The topological polar surface area (TPSA) is 46.1 Å². The van der Waals surface area contributed by atoms with Crippen LogP contribution in [-0.4, -0.2) is 56.9 Å². The first-order chi connectivity index (χ1) is 11.2. The van der Waals surface area contributed by atoms with Crippen LogP contribution in [0.4, 0.5) is 0 Å². The maximum Gasteiger partial charge on any atom is 0.193 e. The molecule has 5 nitrogen and oxygen atoms in total. The lowest BCUT2D eigenvalue weighted by molar-refractivity contribution is 0.0263. The number of hydrogen-bond donors (Lipinski definition) is 1. The van der Waals surface area contributed by atoms with Crippen LogP contribution in [0.5, 0.6) is 5.75 Å². The quantitative estimate of drug-likeness (QED) is 0.497. The molecule has 0 aromatic heterocycles. The fraction of sp³-hybridized carbons (Fsp3) is 0.611. The van der Waals surface area contributed by atoms with Crippen molar-refractivity contribution in [2.75, 3.05) is 39.9 Å². The predicted octanol–water partition coefficient (Wildman–Crippen LogP) is 2.45. The van der Waals surface area contributed by atoms with Crippen LogP contribution >= 0.6 is 0 Å². The number of ether oxygens (including phenoxy) is 2. The summed E-state index contributed by atoms with van der Waals surface area (Å²) in [6, 6.07) is 8.08. The summed E-state index contributed by atoms with van der Waals surface area (Å²) in [4.78, 5) is 6.67. The zero-order valence-corrected chi connectivity index (χ0v) is 14.5. The Morgan fingerprint density at radius 1 is 1.30 bits per heavy atom. The lowest BCUT2D eigenvalue weighted by Gasteiger charge is -2.34. The van der Waals surface area contributed by atoms with Crippen molar-refractivity contribution in [3.63, 3.8) is 0 Å². The zero-order chi connectivity index (χ0) is 16.5. The second-order valence-corrected chi connectivity index (χ2v) is 5.73. The molecule has 2 rings (SSSR count). The molecule has 1 N–H and O–H groups in total. The van der Waals surface area contributed by atoms with Gasteiger partial charge in [-0.15, -0.1) is 0 Å². The monoisotopic (exact) mass is 319 g/mol. The van der Waals surface area contributed by atoms with E-state index in [9.17, 15) is 0 Å². The third-order valence-corrected chi connectivity index (χ3v) is 4.09. The van der Waals surface area contributed by atoms with Gasteiger partial charge >= 0.3 is 0 Å². The third-order valence-electron chi connectivity index (χ3n) is 4.09. The van der Waals surface area contributed by atoms with E-state index in [1.807, 2.05) is 25.2 Å². The highest BCUT2D eigenvalue weighted by Crippen LogP contribution is 2.16. The standard InChI is InChI=1S/C18H29N3O2/c1-4-22-16-9-12-21(13-10-16)18(19-3)20-11-14-23-17-8-6-5-7-15(17)2/h5-8,16H,4,9-14H2,1-3H3,(H,19,20). The molecule has 0 radical (unpaired) electrons. The minimum absolute atomic E-state index is 0.402. The molecular formula is C18H29N3O2. The van der Waals surface area contributed by atoms with Crippen molar-refractivity contribution >= 4 is 5.96 Å². The van der Waals surface area contributed by atoms with Crippen LogP contribution in [0.15, 0.2) is 29.3 Å². The summed E-state index contributed by atoms with van der Waals surface area (Å²) < 4.78 is 11.5. The van der Waals surface area contributed by atoms with Gasteiger partial charge in [0.2, 0.25) is 0 Å². The third kappa shape index (κ3) is 5.43. The maximum absolute atomic E-state index is 5.81. The number of rotatable bonds is 6. The van der Waals surface area contributed by atoms with Gasteiger partial charge in [0.25, 0.3) is 0 Å². The number of likely N-dealkylation sites (tertiary alicyclic amines) is 1. The van der Waals surface area contributed by atoms with Crippen molar-refractivity contribution in [2.45, 2.75) is 32.8 Å². The molecule has 0 spiro atoms. The van der Waals surface area contributed by atoms with E-state index < -0.39 is 0 Å². The van der Waals surface area contributed by atoms with E-state index in [2.05, 4.69) is 35.1 Å². The summed E-state index contributed by atoms with van der Waals surface area (Å²) in [5.41, 5.74) is 1.16. The summed E-state index contributed by atoms with van der Waals surface area (Å²) in [6.45, 7) is 8.26. The van der Waals surface area contributed by atoms with E-state index in [4.69, 9.17) is 9.47 Å². The molecule has 0 saturated carbocycles. The highest BCUT2D eigenvalue weighted by Gasteiger charge is 2.21. The fourth-order valence-corrected chi connectivity index (χ4v) is 2.84. The Bertz CT molecular complexity index is 497. The molecule has 1 aliphatic rings. The molecule has 1 fully saturated rings. The highest BCUT2D eigenvalue weighted by molar-refractivity contribution is 5.79. The van der Waals surface area contributed by atoms with Gasteiger partial charge in [0.15, 0.2) is 5.96 Å². The molecule has 23 heavy (non-hydrogen) atoms. The van der Waals surface area contributed by atoms with Gasteiger partial charge in [-0.25, -0.2) is 0 Å². The van der Waals surface area contributed by atoms with Crippen molar-refractivity contribution in [3.8, 4) is 5.75 Å². The number of guanidine groups is 1. The number of para-hydroxylation sites is 1. The Balaban J connectivity index is 1.71. The molecule has 5 heteroatoms. The van der Waals surface area contributed by atoms with E-state index in [0.717, 1.165) is 56.4 Å². The zero-order valence-electron chi connectivity index (χ0n) is 14.5. The van der Waals surface area contributed by atoms with Crippen LogP contribution in [0.25, 0.3) is 0 Å². The Kier molecular flexibility index (Phi) is 7.20. The van der Waals surface area contributed by atoms with Gasteiger partial charge in [-0.1, -0.05) is 18.2 Å². The van der Waals surface area contributed by atoms with E-state index in [0.29, 0.717) is 12.7 Å². The lowest BCUT2D eigenvalue weighted by atomic mass is 10.1. The molecular weight excluding hydrogens is 290 g/mol. The van der Waals surface area contributed by atoms with Crippen LogP contribution < -0.4 is 10.1 Å². The number of nitrogens with zero attached hydrogens (tertiary/aromatic N) is 2. The van der Waals surface area contributed by atoms with Crippen molar-refractivity contribution in [1.29, 1.82) is 0 Å². The van der Waals surface area contributed by atoms with Crippen molar-refractivity contribution < 1.29 is 9.47 Å². The van der Waals surface area contributed by atoms with Gasteiger partial charge in [-0.3, -0.25) is 4.99 Å². The van der Waals surface area contributed by atoms with Gasteiger partial charge in [0, 0.05) is 26.7 Å². The Morgan fingerprint density at radius 2 is 2.04 bits per heavy atom. The van der Waals surface area contributed by atoms with Gasteiger partial charge in [-0.05, 0) is 38.3 Å². The van der Waals surface area contributed by atoms with Crippen molar-refractivity contribution in [2.24, 2.45) is 4.99 Å². The summed E-state index contributed by atoms with van der Waals surface area (Å²) in [6.07, 6.45) is 2.53. The molecule has 1 aliphatic heterocycles. The van der Waals surface area contributed by atoms with Crippen LogP contribution in [0.3, 0.4) is 0 Å². The largest absolute Gasteiger partial charge is 0.491 e. The first-order valence-corrected chi connectivity index (χ1v) is 8.50. The van der Waals surface area contributed by atoms with Crippen LogP contribution in [0, 0.1) is 6.92 Å². The predicted molar refractivity (Wildman–Crippen MR) is 94.3 cm³/mol. The fourth-order valence-electron chi connectivity index (χ4n) is 2.84. The number of hydrogen-bond acceptors (Lipinski definition) is 3. The molecule has 1 heterocycles. The van der Waals surface area contributed by atoms with E-state index >= 15 is 0 Å². The van der Waals surface area contributed by atoms with Crippen LogP contribution in [-0.2, 0) is 4.74 Å². The number of aliphatic imine (C=N–C) groups is 1. The van der Waals surface area contributed by atoms with Gasteiger partial charge in [0.1, 0.15) is 12.4 Å². The lowest BCUT2D eigenvalue weighted by Crippen LogP contribution is -2.47. The molecule has 1 aromatic rings. The maximum atomic E-state index is 5.81. The first-order valence-electron chi connectivity index (χ1n) is 8.50. The second-order valence-electron chi connectivity index (χ2n) is 5.73. The van der Waals surface area contributed by atoms with Crippen molar-refractivity contribution in [3.05, 3.63) is 29.8 Å². The number of nitrogens with one attached hydrogen (secondary N) is 1. The summed E-state index contributed by atoms with van der Waals surface area (Å²) >= 11 is 0. The molecule has 0 amide bonds. The van der Waals surface area contributed by atoms with Crippen LogP contribution in [0.1, 0.15) is 25.3 Å². The Morgan fingerprint density at radius 3 is 2.70 bits per heavy atom. The number of piperidine rings is 1. The molecule has 0 unspecified atom stereocenters. The summed E-state index contributed by atoms with van der Waals surface area (Å²) in [7, 11) is 1.83. The molecule has 1 saturated heterocycles. The van der Waals surface area contributed by atoms with E-state index in [1.165, 1.54) is 0 Å². The SMILES string of the molecule is CCOC1CCN(C(=NC)NCCOc2ccccc2C)CC1. The molecule has 0 aliphatic carbocycles. The minimum Gasteiger partial charge on any atom is -0.491 e. The molecule has 0 atom stereocenters. The van der Waals surface area contributed by atoms with Gasteiger partial charge in [0.05, 0.1) is 12.6 Å². The molecule has 128 valence electrons. The number of aryl methyl sites for hydroxylation is 1. The molecule has 1 aromatic carbocycles. The summed E-state index contributed by atoms with van der Waals surface area (Å²) in [5.74, 6) is 1.90. The van der Waals surface area contributed by atoms with Gasteiger partial charge < -0.3 is 19.7 Å². The average molecular weight is 319 g/mol. The smallest absolute Gasteiger partial charge is 0.193 e. The highest BCUT2D eigenvalue weighted by atomic mass is 16.5. The minimum atomic E-state index is 0.402.